The van der Waals surface area contributed by atoms with Gasteiger partial charge in [0.05, 0.1) is 38.1 Å². The predicted octanol–water partition coefficient (Wildman–Crippen LogP) is 11.9. The number of ether oxygens (including phenoxy) is 4. The second kappa shape index (κ2) is 32.0. The van der Waals surface area contributed by atoms with E-state index in [1.165, 1.54) is 0 Å². The van der Waals surface area contributed by atoms with Gasteiger partial charge in [-0.1, -0.05) is 160 Å². The molecule has 0 fully saturated rings. The first-order valence-corrected chi connectivity index (χ1v) is 22.3. The molecule has 0 aromatic heterocycles. The Hall–Kier alpha value is -3.04. The largest absolute Gasteiger partial charge is 0.462 e. The Morgan fingerprint density at radius 1 is 0.482 bits per heavy atom. The van der Waals surface area contributed by atoms with Crippen molar-refractivity contribution in [2.75, 3.05) is 26.4 Å². The van der Waals surface area contributed by atoms with Crippen LogP contribution in [0, 0.1) is 29.1 Å². The molecule has 4 atom stereocenters. The molecule has 0 saturated carbocycles. The normalized spacial score (nSPS) is 14.5. The van der Waals surface area contributed by atoms with Crippen LogP contribution in [0.15, 0.2) is 23.2 Å². The smallest absolute Gasteiger partial charge is 0.379 e. The second-order valence-corrected chi connectivity index (χ2v) is 16.1. The minimum Gasteiger partial charge on any atom is -0.462 e. The van der Waals surface area contributed by atoms with Crippen molar-refractivity contribution < 1.29 is 47.9 Å². The molecule has 326 valence electrons. The number of carbonyl (C=O) groups excluding carboxylic acids is 4. The molecule has 0 aromatic carbocycles. The van der Waals surface area contributed by atoms with Gasteiger partial charge in [0.1, 0.15) is 0 Å². The van der Waals surface area contributed by atoms with Gasteiger partial charge in [0.25, 0.3) is 11.5 Å². The molecule has 0 radical (unpaired) electrons. The fraction of sp³-hybridized carbons (Fsp3) is 0.826. The number of unbranched alkanes of at least 4 members (excludes halogenated alkanes) is 4. The van der Waals surface area contributed by atoms with Crippen LogP contribution in [0.3, 0.4) is 0 Å². The van der Waals surface area contributed by atoms with Gasteiger partial charge in [0.2, 0.25) is 0 Å². The van der Waals surface area contributed by atoms with Gasteiger partial charge in [-0.25, -0.2) is 19.2 Å². The number of hydrogen-bond acceptors (Lipinski definition) is 10. The summed E-state index contributed by atoms with van der Waals surface area (Å²) in [4.78, 5) is 66.4. The van der Waals surface area contributed by atoms with E-state index in [-0.39, 0.29) is 55.7 Å². The molecule has 0 spiro atoms. The molecule has 0 aliphatic rings. The van der Waals surface area contributed by atoms with Gasteiger partial charge < -0.3 is 18.9 Å². The molecular formula is C46H82O10. The fourth-order valence-corrected chi connectivity index (χ4v) is 6.54. The molecule has 0 bridgehead atoms. The summed E-state index contributed by atoms with van der Waals surface area (Å²) in [5.74, 6) is -3.99. The van der Waals surface area contributed by atoms with Crippen LogP contribution < -0.4 is 0 Å². The summed E-state index contributed by atoms with van der Waals surface area (Å²) in [5.41, 5.74) is -0.982. The maximum Gasteiger partial charge on any atom is 0.379 e. The molecule has 4 unspecified atom stereocenters. The Morgan fingerprint density at radius 2 is 0.857 bits per heavy atom. The third kappa shape index (κ3) is 22.0. The van der Waals surface area contributed by atoms with Crippen molar-refractivity contribution in [3.8, 4) is 0 Å². The maximum atomic E-state index is 14.1. The summed E-state index contributed by atoms with van der Waals surface area (Å²) in [6.07, 6.45) is 17.0. The summed E-state index contributed by atoms with van der Waals surface area (Å²) in [6, 6.07) is 0. The summed E-state index contributed by atoms with van der Waals surface area (Å²) < 4.78 is 23.0. The lowest BCUT2D eigenvalue weighted by molar-refractivity contribution is -0.238. The van der Waals surface area contributed by atoms with E-state index in [9.17, 15) is 19.2 Å². The molecule has 0 heterocycles. The minimum atomic E-state index is -0.952. The summed E-state index contributed by atoms with van der Waals surface area (Å²) in [7, 11) is 0. The van der Waals surface area contributed by atoms with E-state index in [1.807, 2.05) is 41.5 Å². The van der Waals surface area contributed by atoms with E-state index in [2.05, 4.69) is 34.6 Å². The van der Waals surface area contributed by atoms with Gasteiger partial charge >= 0.3 is 23.9 Å². The van der Waals surface area contributed by atoms with Gasteiger partial charge in [-0.3, -0.25) is 9.78 Å². The first kappa shape index (κ1) is 53.0. The Balaban J connectivity index is 7.08. The summed E-state index contributed by atoms with van der Waals surface area (Å²) >= 11 is 0. The number of carbonyl (C=O) groups is 4. The standard InChI is InChI=1S/C46H82O10/c1-12-21-25-35(17-6)31-51-40(47)30-39(43(48)52-32-36(18-7)26-22-13-2)55-56-42(45(50)54-34-38(20-9)28-24-15-4)41(46(10,11)29-16-5)44(49)53-33-37(19-8)27-23-14-3/h30,35-38H,12-29,31-34H2,1-11H3/b39-30+,42-41-. The Bertz CT molecular complexity index is 1160. The highest BCUT2D eigenvalue weighted by molar-refractivity contribution is 6.00. The molecule has 10 nitrogen and oxygen atoms in total. The van der Waals surface area contributed by atoms with Crippen LogP contribution in [0.25, 0.3) is 0 Å². The third-order valence-corrected chi connectivity index (χ3v) is 10.8. The molecule has 0 rings (SSSR count). The van der Waals surface area contributed by atoms with Crippen LogP contribution in [-0.4, -0.2) is 50.3 Å². The fourth-order valence-electron chi connectivity index (χ4n) is 6.54. The Kier molecular flexibility index (Phi) is 30.2. The molecule has 0 aromatic rings. The Labute approximate surface area is 341 Å². The molecule has 0 saturated heterocycles. The molecule has 10 heteroatoms. The Morgan fingerprint density at radius 3 is 1.23 bits per heavy atom. The highest BCUT2D eigenvalue weighted by Crippen LogP contribution is 2.36. The first-order valence-electron chi connectivity index (χ1n) is 22.3. The van der Waals surface area contributed by atoms with Crippen LogP contribution in [0.2, 0.25) is 0 Å². The topological polar surface area (TPSA) is 124 Å². The number of esters is 4. The number of hydrogen-bond donors (Lipinski definition) is 0. The lowest BCUT2D eigenvalue weighted by Gasteiger charge is -2.28. The van der Waals surface area contributed by atoms with E-state index in [4.69, 9.17) is 28.7 Å². The van der Waals surface area contributed by atoms with Crippen molar-refractivity contribution in [1.82, 2.24) is 0 Å². The second-order valence-electron chi connectivity index (χ2n) is 16.1. The van der Waals surface area contributed by atoms with Crippen molar-refractivity contribution >= 4 is 23.9 Å². The van der Waals surface area contributed by atoms with Crippen molar-refractivity contribution in [1.29, 1.82) is 0 Å². The zero-order valence-electron chi connectivity index (χ0n) is 37.5. The van der Waals surface area contributed by atoms with Crippen molar-refractivity contribution in [3.05, 3.63) is 23.2 Å². The van der Waals surface area contributed by atoms with E-state index < -0.39 is 40.8 Å². The average Bonchev–Trinajstić information content (AvgIpc) is 3.18. The highest BCUT2D eigenvalue weighted by atomic mass is 17.2. The molecule has 0 N–H and O–H groups in total. The van der Waals surface area contributed by atoms with Gasteiger partial charge in [-0.05, 0) is 55.8 Å². The van der Waals surface area contributed by atoms with Gasteiger partial charge in [-0.15, -0.1) is 0 Å². The minimum absolute atomic E-state index is 0.0566. The zero-order chi connectivity index (χ0) is 42.4. The van der Waals surface area contributed by atoms with Crippen LogP contribution in [0.4, 0.5) is 0 Å². The van der Waals surface area contributed by atoms with Crippen LogP contribution in [0.1, 0.15) is 192 Å². The SMILES string of the molecule is CCCCC(CC)COC(=O)/C=C(/OO/C(C(=O)OCC(CC)CCCC)=C(/C(=O)OCC(CC)CCCC)C(C)(C)CCC)C(=O)OCC(CC)CCCC. The summed E-state index contributed by atoms with van der Waals surface area (Å²) in [6.45, 7) is 22.8. The van der Waals surface area contributed by atoms with E-state index in [1.54, 1.807) is 0 Å². The highest BCUT2D eigenvalue weighted by Gasteiger charge is 2.39. The van der Waals surface area contributed by atoms with Gasteiger partial charge in [-0.2, -0.15) is 0 Å². The van der Waals surface area contributed by atoms with Crippen LogP contribution in [0.5, 0.6) is 0 Å². The zero-order valence-corrected chi connectivity index (χ0v) is 37.5. The average molecular weight is 795 g/mol. The van der Waals surface area contributed by atoms with Crippen molar-refractivity contribution in [2.24, 2.45) is 29.1 Å². The van der Waals surface area contributed by atoms with Gasteiger partial charge in [0, 0.05) is 5.41 Å². The lowest BCUT2D eigenvalue weighted by Crippen LogP contribution is -2.30. The van der Waals surface area contributed by atoms with Crippen molar-refractivity contribution in [2.45, 2.75) is 192 Å². The summed E-state index contributed by atoms with van der Waals surface area (Å²) in [5, 5.41) is 0. The van der Waals surface area contributed by atoms with E-state index >= 15 is 0 Å². The van der Waals surface area contributed by atoms with E-state index in [0.717, 1.165) is 109 Å². The van der Waals surface area contributed by atoms with Gasteiger partial charge in [0.15, 0.2) is 0 Å². The van der Waals surface area contributed by atoms with Crippen LogP contribution in [-0.2, 0) is 47.9 Å². The maximum absolute atomic E-state index is 14.1. The quantitative estimate of drug-likeness (QED) is 0.0155. The monoisotopic (exact) mass is 795 g/mol. The van der Waals surface area contributed by atoms with Crippen molar-refractivity contribution in [3.63, 3.8) is 0 Å². The van der Waals surface area contributed by atoms with Crippen LogP contribution >= 0.6 is 0 Å². The first-order chi connectivity index (χ1) is 26.8. The third-order valence-electron chi connectivity index (χ3n) is 10.8. The van der Waals surface area contributed by atoms with E-state index in [0.29, 0.717) is 12.8 Å². The predicted molar refractivity (Wildman–Crippen MR) is 223 cm³/mol. The molecule has 0 amide bonds. The number of rotatable bonds is 34. The molecule has 0 aliphatic heterocycles. The molecule has 56 heavy (non-hydrogen) atoms. The lowest BCUT2D eigenvalue weighted by atomic mass is 9.79. The molecular weight excluding hydrogens is 712 g/mol. The molecule has 0 aliphatic carbocycles.